The van der Waals surface area contributed by atoms with E-state index in [4.69, 9.17) is 10.5 Å². The van der Waals surface area contributed by atoms with Crippen molar-refractivity contribution < 1.29 is 13.9 Å². The van der Waals surface area contributed by atoms with Crippen molar-refractivity contribution in [1.29, 1.82) is 0 Å². The summed E-state index contributed by atoms with van der Waals surface area (Å²) in [5, 5.41) is 2.83. The van der Waals surface area contributed by atoms with Gasteiger partial charge in [-0.1, -0.05) is 13.8 Å². The fraction of sp³-hybridized carbons (Fsp3) is 0.462. The van der Waals surface area contributed by atoms with Gasteiger partial charge in [0.15, 0.2) is 0 Å². The van der Waals surface area contributed by atoms with Gasteiger partial charge in [-0.15, -0.1) is 0 Å². The molecule has 0 heterocycles. The molecule has 1 amide bonds. The second-order valence-corrected chi connectivity index (χ2v) is 4.51. The molecule has 0 spiro atoms. The van der Waals surface area contributed by atoms with E-state index in [-0.39, 0.29) is 29.1 Å². The Labute approximate surface area is 106 Å². The molecule has 4 nitrogen and oxygen atoms in total. The molecule has 0 radical (unpaired) electrons. The van der Waals surface area contributed by atoms with E-state index < -0.39 is 5.82 Å². The van der Waals surface area contributed by atoms with Gasteiger partial charge in [0.25, 0.3) is 5.91 Å². The minimum absolute atomic E-state index is 0.105. The first-order valence-corrected chi connectivity index (χ1v) is 5.80. The predicted octanol–water partition coefficient (Wildman–Crippen LogP) is 1.81. The molecule has 1 unspecified atom stereocenters. The lowest BCUT2D eigenvalue weighted by Gasteiger charge is -2.21. The molecule has 0 aromatic heterocycles. The Bertz CT molecular complexity index is 421. The molecule has 0 saturated heterocycles. The quantitative estimate of drug-likeness (QED) is 0.788. The van der Waals surface area contributed by atoms with Gasteiger partial charge < -0.3 is 15.8 Å². The molecule has 1 atom stereocenters. The molecule has 1 aromatic carbocycles. The van der Waals surface area contributed by atoms with E-state index in [0.717, 1.165) is 6.07 Å². The molecule has 0 aliphatic carbocycles. The number of amides is 1. The van der Waals surface area contributed by atoms with Crippen LogP contribution in [0.2, 0.25) is 0 Å². The highest BCUT2D eigenvalue weighted by atomic mass is 19.1. The monoisotopic (exact) mass is 254 g/mol. The Morgan fingerprint density at radius 1 is 1.50 bits per heavy atom. The fourth-order valence-electron chi connectivity index (χ4n) is 1.57. The van der Waals surface area contributed by atoms with Crippen LogP contribution in [-0.4, -0.2) is 25.7 Å². The second-order valence-electron chi connectivity index (χ2n) is 4.51. The number of benzene rings is 1. The molecule has 100 valence electrons. The normalized spacial score (nSPS) is 12.5. The SMILES string of the molecule is COCC(NC(=O)c1ccc(F)cc1N)C(C)C. The number of rotatable bonds is 5. The number of nitrogens with one attached hydrogen (secondary N) is 1. The van der Waals surface area contributed by atoms with Crippen LogP contribution in [0.15, 0.2) is 18.2 Å². The summed E-state index contributed by atoms with van der Waals surface area (Å²) in [6, 6.07) is 3.62. The third-order valence-electron chi connectivity index (χ3n) is 2.73. The maximum absolute atomic E-state index is 12.9. The zero-order valence-corrected chi connectivity index (χ0v) is 10.9. The Hall–Kier alpha value is -1.62. The van der Waals surface area contributed by atoms with Gasteiger partial charge >= 0.3 is 0 Å². The predicted molar refractivity (Wildman–Crippen MR) is 68.8 cm³/mol. The van der Waals surface area contributed by atoms with Crippen LogP contribution in [0, 0.1) is 11.7 Å². The number of nitrogens with two attached hydrogens (primary N) is 1. The molecule has 1 rings (SSSR count). The summed E-state index contributed by atoms with van der Waals surface area (Å²) in [6.07, 6.45) is 0. The van der Waals surface area contributed by atoms with Crippen LogP contribution < -0.4 is 11.1 Å². The van der Waals surface area contributed by atoms with E-state index in [9.17, 15) is 9.18 Å². The van der Waals surface area contributed by atoms with Crippen molar-refractivity contribution in [1.82, 2.24) is 5.32 Å². The van der Waals surface area contributed by atoms with Crippen LogP contribution in [0.4, 0.5) is 10.1 Å². The average molecular weight is 254 g/mol. The Kier molecular flexibility index (Phi) is 5.09. The zero-order chi connectivity index (χ0) is 13.7. The topological polar surface area (TPSA) is 64.3 Å². The number of halogens is 1. The van der Waals surface area contributed by atoms with Crippen molar-refractivity contribution in [3.8, 4) is 0 Å². The molecule has 1 aromatic rings. The smallest absolute Gasteiger partial charge is 0.253 e. The van der Waals surface area contributed by atoms with Crippen LogP contribution in [-0.2, 0) is 4.74 Å². The first-order valence-electron chi connectivity index (χ1n) is 5.80. The first kappa shape index (κ1) is 14.4. The van der Waals surface area contributed by atoms with Gasteiger partial charge in [-0.2, -0.15) is 0 Å². The molecule has 0 saturated carbocycles. The number of hydrogen-bond donors (Lipinski definition) is 2. The summed E-state index contributed by atoms with van der Waals surface area (Å²) < 4.78 is 17.9. The summed E-state index contributed by atoms with van der Waals surface area (Å²) in [5.41, 5.74) is 6.02. The van der Waals surface area contributed by atoms with E-state index in [2.05, 4.69) is 5.32 Å². The summed E-state index contributed by atoms with van der Waals surface area (Å²) in [4.78, 5) is 12.0. The summed E-state index contributed by atoms with van der Waals surface area (Å²) in [6.45, 7) is 4.39. The van der Waals surface area contributed by atoms with Gasteiger partial charge in [-0.05, 0) is 24.1 Å². The lowest BCUT2D eigenvalue weighted by atomic mass is 10.0. The molecule has 3 N–H and O–H groups in total. The van der Waals surface area contributed by atoms with Gasteiger partial charge in [0.05, 0.1) is 18.2 Å². The van der Waals surface area contributed by atoms with Gasteiger partial charge in [-0.25, -0.2) is 4.39 Å². The van der Waals surface area contributed by atoms with Crippen LogP contribution >= 0.6 is 0 Å². The highest BCUT2D eigenvalue weighted by molar-refractivity contribution is 5.99. The van der Waals surface area contributed by atoms with Crippen LogP contribution in [0.1, 0.15) is 24.2 Å². The zero-order valence-electron chi connectivity index (χ0n) is 10.9. The standard InChI is InChI=1S/C13H19FN2O2/c1-8(2)12(7-18-3)16-13(17)10-5-4-9(14)6-11(10)15/h4-6,8,12H,7,15H2,1-3H3,(H,16,17). The lowest BCUT2D eigenvalue weighted by molar-refractivity contribution is 0.0867. The maximum atomic E-state index is 12.9. The lowest BCUT2D eigenvalue weighted by Crippen LogP contribution is -2.41. The molecule has 18 heavy (non-hydrogen) atoms. The average Bonchev–Trinajstić information content (AvgIpc) is 2.27. The highest BCUT2D eigenvalue weighted by Gasteiger charge is 2.18. The number of ether oxygens (including phenoxy) is 1. The minimum atomic E-state index is -0.457. The van der Waals surface area contributed by atoms with Crippen molar-refractivity contribution in [3.63, 3.8) is 0 Å². The number of methoxy groups -OCH3 is 1. The van der Waals surface area contributed by atoms with E-state index in [1.807, 2.05) is 13.8 Å². The largest absolute Gasteiger partial charge is 0.398 e. The van der Waals surface area contributed by atoms with Crippen LogP contribution in [0.5, 0.6) is 0 Å². The van der Waals surface area contributed by atoms with Gasteiger partial charge in [-0.3, -0.25) is 4.79 Å². The Morgan fingerprint density at radius 3 is 2.67 bits per heavy atom. The van der Waals surface area contributed by atoms with Crippen molar-refractivity contribution in [3.05, 3.63) is 29.6 Å². The number of hydrogen-bond acceptors (Lipinski definition) is 3. The van der Waals surface area contributed by atoms with E-state index in [0.29, 0.717) is 6.61 Å². The molecule has 5 heteroatoms. The molecular formula is C13H19FN2O2. The van der Waals surface area contributed by atoms with Crippen LogP contribution in [0.25, 0.3) is 0 Å². The summed E-state index contributed by atoms with van der Waals surface area (Å²) in [7, 11) is 1.58. The van der Waals surface area contributed by atoms with Crippen molar-refractivity contribution in [2.24, 2.45) is 5.92 Å². The Balaban J connectivity index is 2.80. The molecule has 0 bridgehead atoms. The highest BCUT2D eigenvalue weighted by Crippen LogP contribution is 2.14. The van der Waals surface area contributed by atoms with Crippen molar-refractivity contribution in [2.75, 3.05) is 19.5 Å². The minimum Gasteiger partial charge on any atom is -0.398 e. The molecular weight excluding hydrogens is 235 g/mol. The summed E-state index contributed by atoms with van der Waals surface area (Å²) in [5.74, 6) is -0.542. The molecule has 0 aliphatic rings. The van der Waals surface area contributed by atoms with E-state index >= 15 is 0 Å². The first-order chi connectivity index (χ1) is 8.45. The Morgan fingerprint density at radius 2 is 2.17 bits per heavy atom. The van der Waals surface area contributed by atoms with Gasteiger partial charge in [0.2, 0.25) is 0 Å². The third-order valence-corrected chi connectivity index (χ3v) is 2.73. The second kappa shape index (κ2) is 6.35. The number of carbonyl (C=O) groups excluding carboxylic acids is 1. The van der Waals surface area contributed by atoms with Gasteiger partial charge in [0.1, 0.15) is 5.82 Å². The summed E-state index contributed by atoms with van der Waals surface area (Å²) >= 11 is 0. The van der Waals surface area contributed by atoms with E-state index in [1.165, 1.54) is 12.1 Å². The van der Waals surface area contributed by atoms with E-state index in [1.54, 1.807) is 7.11 Å². The fourth-order valence-corrected chi connectivity index (χ4v) is 1.57. The number of nitrogen functional groups attached to an aromatic ring is 1. The van der Waals surface area contributed by atoms with Crippen molar-refractivity contribution in [2.45, 2.75) is 19.9 Å². The third kappa shape index (κ3) is 3.70. The number of anilines is 1. The molecule has 0 aliphatic heterocycles. The number of carbonyl (C=O) groups is 1. The van der Waals surface area contributed by atoms with Crippen LogP contribution in [0.3, 0.4) is 0 Å². The van der Waals surface area contributed by atoms with Gasteiger partial charge in [0, 0.05) is 12.8 Å². The maximum Gasteiger partial charge on any atom is 0.253 e. The van der Waals surface area contributed by atoms with Crippen molar-refractivity contribution >= 4 is 11.6 Å². The molecule has 0 fully saturated rings.